The molecule has 0 amide bonds. The quantitative estimate of drug-likeness (QED) is 0.833. The molecule has 1 atom stereocenters. The van der Waals surface area contributed by atoms with Gasteiger partial charge in [-0.2, -0.15) is 0 Å². The molecule has 0 spiro atoms. The Morgan fingerprint density at radius 1 is 1.41 bits per heavy atom. The predicted molar refractivity (Wildman–Crippen MR) is 71.7 cm³/mol. The number of methoxy groups -OCH3 is 1. The number of nitrogens with zero attached hydrogens (tertiary/aromatic N) is 1. The molecule has 1 aromatic carbocycles. The summed E-state index contributed by atoms with van der Waals surface area (Å²) in [6.07, 6.45) is 1.20. The molecule has 2 rings (SSSR count). The molecule has 17 heavy (non-hydrogen) atoms. The monoisotopic (exact) mass is 273 g/mol. The number of ether oxygens (including phenoxy) is 1. The van der Waals surface area contributed by atoms with Gasteiger partial charge in [-0.25, -0.2) is 0 Å². The summed E-state index contributed by atoms with van der Waals surface area (Å²) in [7, 11) is 1.76. The lowest BCUT2D eigenvalue weighted by Crippen LogP contribution is -2.21. The van der Waals surface area contributed by atoms with E-state index in [1.807, 2.05) is 18.2 Å². The second kappa shape index (κ2) is 6.05. The van der Waals surface area contributed by atoms with Crippen molar-refractivity contribution in [2.75, 3.05) is 26.8 Å². The van der Waals surface area contributed by atoms with E-state index < -0.39 is 0 Å². The van der Waals surface area contributed by atoms with Crippen molar-refractivity contribution in [1.29, 1.82) is 0 Å². The minimum Gasteiger partial charge on any atom is -0.384 e. The highest BCUT2D eigenvalue weighted by molar-refractivity contribution is 6.42. The third kappa shape index (κ3) is 3.35. The third-order valence-electron chi connectivity index (χ3n) is 3.20. The molecular formula is C13H17Cl2NO. The minimum absolute atomic E-state index is 0.636. The second-order valence-corrected chi connectivity index (χ2v) is 5.34. The van der Waals surface area contributed by atoms with Gasteiger partial charge in [0.15, 0.2) is 0 Å². The first-order valence-electron chi connectivity index (χ1n) is 5.85. The Balaban J connectivity index is 1.96. The summed E-state index contributed by atoms with van der Waals surface area (Å²) in [6.45, 7) is 3.91. The number of hydrogen-bond donors (Lipinski definition) is 0. The lowest BCUT2D eigenvalue weighted by Gasteiger charge is -2.17. The number of rotatable bonds is 4. The molecule has 1 aliphatic rings. The molecular weight excluding hydrogens is 257 g/mol. The van der Waals surface area contributed by atoms with Gasteiger partial charge in [-0.3, -0.25) is 4.90 Å². The summed E-state index contributed by atoms with van der Waals surface area (Å²) >= 11 is 12.2. The molecule has 0 aromatic heterocycles. The van der Waals surface area contributed by atoms with Crippen molar-refractivity contribution >= 4 is 23.2 Å². The molecule has 0 bridgehead atoms. The van der Waals surface area contributed by atoms with Crippen molar-refractivity contribution in [3.63, 3.8) is 0 Å². The summed E-state index contributed by atoms with van der Waals surface area (Å²) in [6, 6.07) is 5.81. The zero-order valence-electron chi connectivity index (χ0n) is 9.96. The van der Waals surface area contributed by atoms with Gasteiger partial charge in [0, 0.05) is 20.2 Å². The average molecular weight is 274 g/mol. The summed E-state index contributed by atoms with van der Waals surface area (Å²) in [5, 5.41) is 1.32. The smallest absolute Gasteiger partial charge is 0.0637 e. The van der Waals surface area contributed by atoms with E-state index in [2.05, 4.69) is 4.90 Å². The Labute approximate surface area is 112 Å². The van der Waals surface area contributed by atoms with Crippen LogP contribution in [0.1, 0.15) is 12.0 Å². The lowest BCUT2D eigenvalue weighted by atomic mass is 10.1. The van der Waals surface area contributed by atoms with E-state index in [1.54, 1.807) is 7.11 Å². The Kier molecular flexibility index (Phi) is 4.69. The van der Waals surface area contributed by atoms with Crippen LogP contribution in [0.4, 0.5) is 0 Å². The van der Waals surface area contributed by atoms with Gasteiger partial charge in [0.2, 0.25) is 0 Å². The largest absolute Gasteiger partial charge is 0.384 e. The maximum absolute atomic E-state index is 6.19. The number of hydrogen-bond acceptors (Lipinski definition) is 2. The molecule has 1 aliphatic heterocycles. The van der Waals surface area contributed by atoms with Crippen molar-refractivity contribution in [3.05, 3.63) is 33.8 Å². The molecule has 0 N–H and O–H groups in total. The Morgan fingerprint density at radius 2 is 2.24 bits per heavy atom. The third-order valence-corrected chi connectivity index (χ3v) is 4.06. The molecule has 94 valence electrons. The summed E-state index contributed by atoms with van der Waals surface area (Å²) in [5.41, 5.74) is 1.11. The number of benzene rings is 1. The fourth-order valence-electron chi connectivity index (χ4n) is 2.34. The molecule has 0 aliphatic carbocycles. The molecule has 4 heteroatoms. The molecule has 1 saturated heterocycles. The van der Waals surface area contributed by atoms with Crippen LogP contribution in [-0.2, 0) is 11.3 Å². The van der Waals surface area contributed by atoms with Crippen molar-refractivity contribution in [2.45, 2.75) is 13.0 Å². The van der Waals surface area contributed by atoms with Crippen molar-refractivity contribution in [3.8, 4) is 0 Å². The van der Waals surface area contributed by atoms with Crippen molar-refractivity contribution in [1.82, 2.24) is 4.90 Å². The summed E-state index contributed by atoms with van der Waals surface area (Å²) in [4.78, 5) is 2.40. The molecule has 0 radical (unpaired) electrons. The van der Waals surface area contributed by atoms with Gasteiger partial charge in [0.25, 0.3) is 0 Å². The molecule has 1 aromatic rings. The van der Waals surface area contributed by atoms with E-state index in [1.165, 1.54) is 6.42 Å². The molecule has 1 unspecified atom stereocenters. The van der Waals surface area contributed by atoms with Gasteiger partial charge in [-0.15, -0.1) is 0 Å². The normalized spacial score (nSPS) is 21.0. The van der Waals surface area contributed by atoms with Crippen LogP contribution in [0.25, 0.3) is 0 Å². The first-order valence-corrected chi connectivity index (χ1v) is 6.60. The van der Waals surface area contributed by atoms with Crippen molar-refractivity contribution in [2.24, 2.45) is 5.92 Å². The zero-order chi connectivity index (χ0) is 12.3. The van der Waals surface area contributed by atoms with Gasteiger partial charge in [-0.05, 0) is 30.5 Å². The van der Waals surface area contributed by atoms with Crippen molar-refractivity contribution < 1.29 is 4.74 Å². The number of likely N-dealkylation sites (tertiary alicyclic amines) is 1. The topological polar surface area (TPSA) is 12.5 Å². The van der Waals surface area contributed by atoms with E-state index in [-0.39, 0.29) is 0 Å². The first kappa shape index (κ1) is 13.2. The molecule has 2 nitrogen and oxygen atoms in total. The summed E-state index contributed by atoms with van der Waals surface area (Å²) < 4.78 is 5.19. The van der Waals surface area contributed by atoms with Crippen LogP contribution in [0.15, 0.2) is 18.2 Å². The fraction of sp³-hybridized carbons (Fsp3) is 0.538. The first-order chi connectivity index (χ1) is 8.20. The standard InChI is InChI=1S/C13H17Cl2NO/c1-17-9-10-5-6-16(7-10)8-11-3-2-4-12(14)13(11)15/h2-4,10H,5-9H2,1H3. The van der Waals surface area contributed by atoms with Gasteiger partial charge >= 0.3 is 0 Å². The van der Waals surface area contributed by atoms with Gasteiger partial charge in [0.1, 0.15) is 0 Å². The SMILES string of the molecule is COCC1CCN(Cc2cccc(Cl)c2Cl)C1. The molecule has 1 heterocycles. The van der Waals surface area contributed by atoms with Gasteiger partial charge in [-0.1, -0.05) is 35.3 Å². The molecule has 1 fully saturated rings. The van der Waals surface area contributed by atoms with E-state index in [0.717, 1.165) is 31.8 Å². The predicted octanol–water partition coefficient (Wildman–Crippen LogP) is 3.46. The van der Waals surface area contributed by atoms with Crippen LogP contribution in [0.2, 0.25) is 10.0 Å². The highest BCUT2D eigenvalue weighted by atomic mass is 35.5. The number of halogens is 2. The van der Waals surface area contributed by atoms with E-state index in [4.69, 9.17) is 27.9 Å². The van der Waals surface area contributed by atoms with Crippen LogP contribution < -0.4 is 0 Å². The van der Waals surface area contributed by atoms with Crippen LogP contribution >= 0.6 is 23.2 Å². The Morgan fingerprint density at radius 3 is 3.00 bits per heavy atom. The highest BCUT2D eigenvalue weighted by Gasteiger charge is 2.22. The summed E-state index contributed by atoms with van der Waals surface area (Å²) in [5.74, 6) is 0.651. The lowest BCUT2D eigenvalue weighted by molar-refractivity contribution is 0.152. The van der Waals surface area contributed by atoms with Gasteiger partial charge < -0.3 is 4.74 Å². The molecule has 0 saturated carbocycles. The van der Waals surface area contributed by atoms with Crippen LogP contribution in [0, 0.1) is 5.92 Å². The maximum atomic E-state index is 6.19. The second-order valence-electron chi connectivity index (χ2n) is 4.56. The highest BCUT2D eigenvalue weighted by Crippen LogP contribution is 2.28. The van der Waals surface area contributed by atoms with E-state index in [0.29, 0.717) is 16.0 Å². The fourth-order valence-corrected chi connectivity index (χ4v) is 2.72. The zero-order valence-corrected chi connectivity index (χ0v) is 11.5. The van der Waals surface area contributed by atoms with Crippen LogP contribution in [0.3, 0.4) is 0 Å². The van der Waals surface area contributed by atoms with Gasteiger partial charge in [0.05, 0.1) is 16.7 Å². The van der Waals surface area contributed by atoms with Crippen LogP contribution in [-0.4, -0.2) is 31.7 Å². The van der Waals surface area contributed by atoms with E-state index in [9.17, 15) is 0 Å². The Bertz CT molecular complexity index is 384. The maximum Gasteiger partial charge on any atom is 0.0637 e. The Hall–Kier alpha value is -0.280. The average Bonchev–Trinajstić information content (AvgIpc) is 2.73. The van der Waals surface area contributed by atoms with E-state index >= 15 is 0 Å². The van der Waals surface area contributed by atoms with Crippen LogP contribution in [0.5, 0.6) is 0 Å². The minimum atomic E-state index is 0.636.